The highest BCUT2D eigenvalue weighted by Crippen LogP contribution is 2.25. The second kappa shape index (κ2) is 8.01. The van der Waals surface area contributed by atoms with Crippen molar-refractivity contribution < 1.29 is 14.3 Å². The van der Waals surface area contributed by atoms with Gasteiger partial charge >= 0.3 is 5.97 Å². The van der Waals surface area contributed by atoms with Crippen LogP contribution in [0.15, 0.2) is 30.3 Å². The number of carbonyl (C=O) groups is 2. The number of rotatable bonds is 5. The first kappa shape index (κ1) is 18.8. The van der Waals surface area contributed by atoms with E-state index in [-0.39, 0.29) is 11.9 Å². The molecule has 24 heavy (non-hydrogen) atoms. The number of halogens is 2. The summed E-state index contributed by atoms with van der Waals surface area (Å²) >= 11 is 13.1. The van der Waals surface area contributed by atoms with Crippen LogP contribution in [0.4, 0.5) is 0 Å². The van der Waals surface area contributed by atoms with Crippen LogP contribution in [0.25, 0.3) is 0 Å². The Labute approximate surface area is 154 Å². The van der Waals surface area contributed by atoms with Crippen molar-refractivity contribution >= 4 is 46.4 Å². The summed E-state index contributed by atoms with van der Waals surface area (Å²) in [6, 6.07) is 8.52. The Balaban J connectivity index is 2.23. The fourth-order valence-corrected chi connectivity index (χ4v) is 3.33. The summed E-state index contributed by atoms with van der Waals surface area (Å²) in [5, 5.41) is 0.929. The number of carbonyl (C=O) groups excluding carboxylic acids is 2. The molecule has 2 aromatic rings. The first-order chi connectivity index (χ1) is 11.3. The smallest absolute Gasteiger partial charge is 0.348 e. The number of thiophene rings is 1. The fourth-order valence-electron chi connectivity index (χ4n) is 2.13. The van der Waals surface area contributed by atoms with Crippen molar-refractivity contribution in [1.82, 2.24) is 4.90 Å². The van der Waals surface area contributed by atoms with E-state index < -0.39 is 5.97 Å². The first-order valence-corrected chi connectivity index (χ1v) is 8.83. The molecule has 0 bridgehead atoms. The van der Waals surface area contributed by atoms with Crippen LogP contribution in [0.1, 0.15) is 38.8 Å². The van der Waals surface area contributed by atoms with Crippen molar-refractivity contribution in [3.8, 4) is 0 Å². The highest BCUT2D eigenvalue weighted by Gasteiger charge is 2.22. The lowest BCUT2D eigenvalue weighted by atomic mass is 10.2. The molecule has 2 rings (SSSR count). The lowest BCUT2D eigenvalue weighted by Gasteiger charge is -2.26. The summed E-state index contributed by atoms with van der Waals surface area (Å²) in [4.78, 5) is 26.9. The molecular weight excluding hydrogens is 369 g/mol. The zero-order chi connectivity index (χ0) is 17.9. The van der Waals surface area contributed by atoms with E-state index in [1.165, 1.54) is 7.11 Å². The third kappa shape index (κ3) is 4.29. The van der Waals surface area contributed by atoms with Crippen molar-refractivity contribution in [2.75, 3.05) is 7.11 Å². The second-order valence-corrected chi connectivity index (χ2v) is 7.33. The highest BCUT2D eigenvalue weighted by molar-refractivity contribution is 7.15. The minimum Gasteiger partial charge on any atom is -0.465 e. The molecule has 0 fully saturated rings. The van der Waals surface area contributed by atoms with Gasteiger partial charge in [0.2, 0.25) is 0 Å². The SMILES string of the molecule is COC(=O)c1ccc(C(=O)N(Cc2ccc(Cl)c(Cl)c2)C(C)C)s1. The molecule has 1 aromatic heterocycles. The van der Waals surface area contributed by atoms with Crippen molar-refractivity contribution in [3.05, 3.63) is 55.7 Å². The number of benzene rings is 1. The van der Waals surface area contributed by atoms with Crippen molar-refractivity contribution in [2.45, 2.75) is 26.4 Å². The zero-order valence-electron chi connectivity index (χ0n) is 13.5. The van der Waals surface area contributed by atoms with E-state index in [4.69, 9.17) is 23.2 Å². The van der Waals surface area contributed by atoms with Gasteiger partial charge in [-0.3, -0.25) is 4.79 Å². The molecular formula is C17H17Cl2NO3S. The van der Waals surface area contributed by atoms with Gasteiger partial charge in [-0.1, -0.05) is 29.3 Å². The molecule has 128 valence electrons. The molecule has 0 unspecified atom stereocenters. The van der Waals surface area contributed by atoms with E-state index in [1.807, 2.05) is 19.9 Å². The average Bonchev–Trinajstić information content (AvgIpc) is 3.04. The number of nitrogens with zero attached hydrogens (tertiary/aromatic N) is 1. The number of hydrogen-bond donors (Lipinski definition) is 0. The summed E-state index contributed by atoms with van der Waals surface area (Å²) in [5.41, 5.74) is 0.885. The van der Waals surface area contributed by atoms with E-state index in [2.05, 4.69) is 4.74 Å². The molecule has 1 amide bonds. The molecule has 0 aliphatic carbocycles. The number of methoxy groups -OCH3 is 1. The molecule has 0 aliphatic rings. The van der Waals surface area contributed by atoms with Crippen LogP contribution in [0.3, 0.4) is 0 Å². The van der Waals surface area contributed by atoms with Crippen molar-refractivity contribution in [2.24, 2.45) is 0 Å². The number of hydrogen-bond acceptors (Lipinski definition) is 4. The molecule has 0 saturated heterocycles. The van der Waals surface area contributed by atoms with Crippen LogP contribution in [-0.2, 0) is 11.3 Å². The summed E-state index contributed by atoms with van der Waals surface area (Å²) in [5.74, 6) is -0.587. The molecule has 0 atom stereocenters. The van der Waals surface area contributed by atoms with Gasteiger partial charge in [-0.05, 0) is 43.7 Å². The van der Waals surface area contributed by atoms with Crippen molar-refractivity contribution in [3.63, 3.8) is 0 Å². The summed E-state index contributed by atoms with van der Waals surface area (Å²) in [6.07, 6.45) is 0. The Hall–Kier alpha value is -1.56. The summed E-state index contributed by atoms with van der Waals surface area (Å²) in [6.45, 7) is 4.27. The second-order valence-electron chi connectivity index (χ2n) is 5.43. The van der Waals surface area contributed by atoms with Crippen LogP contribution in [0, 0.1) is 0 Å². The molecule has 7 heteroatoms. The van der Waals surface area contributed by atoms with E-state index in [1.54, 1.807) is 29.2 Å². The lowest BCUT2D eigenvalue weighted by Crippen LogP contribution is -2.36. The monoisotopic (exact) mass is 385 g/mol. The zero-order valence-corrected chi connectivity index (χ0v) is 15.8. The molecule has 1 heterocycles. The Morgan fingerprint density at radius 1 is 1.12 bits per heavy atom. The van der Waals surface area contributed by atoms with Crippen LogP contribution < -0.4 is 0 Å². The van der Waals surface area contributed by atoms with Gasteiger partial charge in [0.25, 0.3) is 5.91 Å². The molecule has 0 radical (unpaired) electrons. The van der Waals surface area contributed by atoms with Gasteiger partial charge in [-0.15, -0.1) is 11.3 Å². The van der Waals surface area contributed by atoms with E-state index in [9.17, 15) is 9.59 Å². The van der Waals surface area contributed by atoms with Gasteiger partial charge < -0.3 is 9.64 Å². The third-order valence-electron chi connectivity index (χ3n) is 3.42. The van der Waals surface area contributed by atoms with E-state index in [0.29, 0.717) is 26.3 Å². The molecule has 1 aromatic carbocycles. The molecule has 0 aliphatic heterocycles. The van der Waals surface area contributed by atoms with Gasteiger partial charge in [-0.25, -0.2) is 4.79 Å². The van der Waals surface area contributed by atoms with Gasteiger partial charge in [0.15, 0.2) is 0 Å². The van der Waals surface area contributed by atoms with Crippen LogP contribution in [-0.4, -0.2) is 29.9 Å². The normalized spacial score (nSPS) is 10.8. The maximum Gasteiger partial charge on any atom is 0.348 e. The van der Waals surface area contributed by atoms with E-state index >= 15 is 0 Å². The van der Waals surface area contributed by atoms with Gasteiger partial charge in [0.05, 0.1) is 22.0 Å². The van der Waals surface area contributed by atoms with E-state index in [0.717, 1.165) is 16.9 Å². The Morgan fingerprint density at radius 2 is 1.79 bits per heavy atom. The maximum atomic E-state index is 12.8. The minimum atomic E-state index is -0.445. The maximum absolute atomic E-state index is 12.8. The topological polar surface area (TPSA) is 46.6 Å². The van der Waals surface area contributed by atoms with Crippen LogP contribution >= 0.6 is 34.5 Å². The Bertz CT molecular complexity index is 758. The average molecular weight is 386 g/mol. The molecule has 4 nitrogen and oxygen atoms in total. The number of amides is 1. The predicted octanol–water partition coefficient (Wildman–Crippen LogP) is 4.89. The Kier molecular flexibility index (Phi) is 6.27. The third-order valence-corrected chi connectivity index (χ3v) is 5.22. The van der Waals surface area contributed by atoms with Gasteiger partial charge in [-0.2, -0.15) is 0 Å². The summed E-state index contributed by atoms with van der Waals surface area (Å²) in [7, 11) is 1.31. The standard InChI is InChI=1S/C17H17Cl2NO3S/c1-10(2)20(9-11-4-5-12(18)13(19)8-11)16(21)14-6-7-15(24-14)17(22)23-3/h4-8,10H,9H2,1-3H3. The summed E-state index contributed by atoms with van der Waals surface area (Å²) < 4.78 is 4.68. The fraction of sp³-hybridized carbons (Fsp3) is 0.294. The van der Waals surface area contributed by atoms with Crippen LogP contribution in [0.5, 0.6) is 0 Å². The first-order valence-electron chi connectivity index (χ1n) is 7.26. The minimum absolute atomic E-state index is 0.0179. The van der Waals surface area contributed by atoms with Gasteiger partial charge in [0, 0.05) is 12.6 Å². The largest absolute Gasteiger partial charge is 0.465 e. The number of esters is 1. The van der Waals surface area contributed by atoms with Gasteiger partial charge in [0.1, 0.15) is 4.88 Å². The quantitative estimate of drug-likeness (QED) is 0.688. The lowest BCUT2D eigenvalue weighted by molar-refractivity contribution is 0.0606. The van der Waals surface area contributed by atoms with Crippen molar-refractivity contribution in [1.29, 1.82) is 0 Å². The number of ether oxygens (including phenoxy) is 1. The molecule has 0 N–H and O–H groups in total. The Morgan fingerprint density at radius 3 is 2.38 bits per heavy atom. The molecule has 0 spiro atoms. The molecule has 0 saturated carbocycles. The highest BCUT2D eigenvalue weighted by atomic mass is 35.5. The predicted molar refractivity (Wildman–Crippen MR) is 97.1 cm³/mol. The van der Waals surface area contributed by atoms with Crippen LogP contribution in [0.2, 0.25) is 10.0 Å².